The summed E-state index contributed by atoms with van der Waals surface area (Å²) in [5, 5.41) is 0. The lowest BCUT2D eigenvalue weighted by Crippen LogP contribution is -2.38. The molecular weight excluding hydrogens is 274 g/mol. The molecule has 1 saturated heterocycles. The first-order chi connectivity index (χ1) is 10.6. The fraction of sp³-hybridized carbons (Fsp3) is 0.632. The van der Waals surface area contributed by atoms with E-state index in [1.54, 1.807) is 0 Å². The van der Waals surface area contributed by atoms with Crippen LogP contribution in [0.1, 0.15) is 56.0 Å². The number of nitrogens with zero attached hydrogens (tertiary/aromatic N) is 1. The number of esters is 1. The summed E-state index contributed by atoms with van der Waals surface area (Å²) in [5.74, 6) is 0.620. The van der Waals surface area contributed by atoms with Gasteiger partial charge in [-0.3, -0.25) is 0 Å². The number of rotatable bonds is 6. The van der Waals surface area contributed by atoms with Crippen molar-refractivity contribution in [2.75, 3.05) is 19.7 Å². The van der Waals surface area contributed by atoms with Gasteiger partial charge >= 0.3 is 5.97 Å². The smallest absolute Gasteiger partial charge is 0.338 e. The van der Waals surface area contributed by atoms with E-state index >= 15 is 0 Å². The fourth-order valence-corrected chi connectivity index (χ4v) is 3.15. The molecule has 1 aliphatic rings. The van der Waals surface area contributed by atoms with Crippen LogP contribution in [-0.2, 0) is 11.2 Å². The molecule has 0 saturated carbocycles. The molecule has 0 aliphatic carbocycles. The molecule has 3 heteroatoms. The normalized spacial score (nSPS) is 16.9. The minimum atomic E-state index is -0.227. The van der Waals surface area contributed by atoms with Gasteiger partial charge in [0.25, 0.3) is 0 Å². The minimum Gasteiger partial charge on any atom is -0.462 e. The SMILES string of the molecule is CCOC(=O)c1ccc(CCC2CCN(C(C)C)CC2)cc1. The van der Waals surface area contributed by atoms with Gasteiger partial charge in [-0.05, 0) is 83.2 Å². The van der Waals surface area contributed by atoms with Gasteiger partial charge in [0.05, 0.1) is 12.2 Å². The first kappa shape index (κ1) is 17.0. The number of ether oxygens (including phenoxy) is 1. The molecule has 0 atom stereocenters. The van der Waals surface area contributed by atoms with Crippen LogP contribution in [-0.4, -0.2) is 36.6 Å². The highest BCUT2D eigenvalue weighted by molar-refractivity contribution is 5.89. The van der Waals surface area contributed by atoms with Crippen LogP contribution in [0, 0.1) is 5.92 Å². The molecule has 1 aliphatic heterocycles. The summed E-state index contributed by atoms with van der Waals surface area (Å²) in [6, 6.07) is 8.57. The van der Waals surface area contributed by atoms with E-state index < -0.39 is 0 Å². The number of benzene rings is 1. The summed E-state index contributed by atoms with van der Waals surface area (Å²) in [4.78, 5) is 14.2. The number of piperidine rings is 1. The van der Waals surface area contributed by atoms with Crippen LogP contribution in [0.5, 0.6) is 0 Å². The average molecular weight is 303 g/mol. The monoisotopic (exact) mass is 303 g/mol. The molecule has 122 valence electrons. The van der Waals surface area contributed by atoms with Gasteiger partial charge in [-0.15, -0.1) is 0 Å². The third kappa shape index (κ3) is 4.84. The molecule has 0 amide bonds. The maximum absolute atomic E-state index is 11.6. The summed E-state index contributed by atoms with van der Waals surface area (Å²) in [5.41, 5.74) is 1.97. The Bertz CT molecular complexity index is 459. The molecule has 1 aromatic carbocycles. The van der Waals surface area contributed by atoms with Crippen molar-refractivity contribution in [3.8, 4) is 0 Å². The Morgan fingerprint density at radius 3 is 2.41 bits per heavy atom. The Morgan fingerprint density at radius 1 is 1.23 bits per heavy atom. The van der Waals surface area contributed by atoms with E-state index in [0.717, 1.165) is 12.3 Å². The molecule has 0 spiro atoms. The molecule has 0 radical (unpaired) electrons. The Balaban J connectivity index is 1.77. The largest absolute Gasteiger partial charge is 0.462 e. The molecule has 2 rings (SSSR count). The van der Waals surface area contributed by atoms with Gasteiger partial charge in [-0.2, -0.15) is 0 Å². The lowest BCUT2D eigenvalue weighted by atomic mass is 9.90. The molecule has 0 bridgehead atoms. The van der Waals surface area contributed by atoms with Crippen molar-refractivity contribution in [1.29, 1.82) is 0 Å². The van der Waals surface area contributed by atoms with E-state index in [4.69, 9.17) is 4.74 Å². The third-order valence-electron chi connectivity index (χ3n) is 4.69. The van der Waals surface area contributed by atoms with Crippen LogP contribution >= 0.6 is 0 Å². The third-order valence-corrected chi connectivity index (χ3v) is 4.69. The van der Waals surface area contributed by atoms with Crippen molar-refractivity contribution < 1.29 is 9.53 Å². The quantitative estimate of drug-likeness (QED) is 0.746. The maximum atomic E-state index is 11.6. The number of carbonyl (C=O) groups excluding carboxylic acids is 1. The maximum Gasteiger partial charge on any atom is 0.338 e. The van der Waals surface area contributed by atoms with Crippen molar-refractivity contribution in [3.05, 3.63) is 35.4 Å². The lowest BCUT2D eigenvalue weighted by molar-refractivity contribution is 0.0526. The minimum absolute atomic E-state index is 0.227. The number of aryl methyl sites for hydroxylation is 1. The highest BCUT2D eigenvalue weighted by Gasteiger charge is 2.20. The highest BCUT2D eigenvalue weighted by atomic mass is 16.5. The molecule has 1 heterocycles. The molecule has 3 nitrogen and oxygen atoms in total. The van der Waals surface area contributed by atoms with Crippen LogP contribution in [0.3, 0.4) is 0 Å². The Morgan fingerprint density at radius 2 is 1.86 bits per heavy atom. The molecule has 1 aromatic rings. The van der Waals surface area contributed by atoms with Crippen molar-refractivity contribution >= 4 is 5.97 Å². The number of likely N-dealkylation sites (tertiary alicyclic amines) is 1. The first-order valence-corrected chi connectivity index (χ1v) is 8.60. The lowest BCUT2D eigenvalue weighted by Gasteiger charge is -2.34. The van der Waals surface area contributed by atoms with Crippen LogP contribution < -0.4 is 0 Å². The van der Waals surface area contributed by atoms with Gasteiger partial charge in [0.1, 0.15) is 0 Å². The standard InChI is InChI=1S/C19H29NO2/c1-4-22-19(21)18-9-7-16(8-10-18)5-6-17-11-13-20(14-12-17)15(2)3/h7-10,15,17H,4-6,11-14H2,1-3H3. The average Bonchev–Trinajstić information content (AvgIpc) is 2.54. The van der Waals surface area contributed by atoms with Crippen molar-refractivity contribution in [3.63, 3.8) is 0 Å². The van der Waals surface area contributed by atoms with Gasteiger partial charge in [-0.1, -0.05) is 12.1 Å². The molecule has 0 unspecified atom stereocenters. The van der Waals surface area contributed by atoms with E-state index in [0.29, 0.717) is 18.2 Å². The molecular formula is C19H29NO2. The topological polar surface area (TPSA) is 29.5 Å². The zero-order valence-electron chi connectivity index (χ0n) is 14.2. The summed E-state index contributed by atoms with van der Waals surface area (Å²) < 4.78 is 5.01. The van der Waals surface area contributed by atoms with Gasteiger partial charge in [-0.25, -0.2) is 4.79 Å². The number of hydrogen-bond acceptors (Lipinski definition) is 3. The summed E-state index contributed by atoms with van der Waals surface area (Å²) in [6.07, 6.45) is 5.00. The predicted molar refractivity (Wildman–Crippen MR) is 90.2 cm³/mol. The predicted octanol–water partition coefficient (Wildman–Crippen LogP) is 3.92. The zero-order valence-corrected chi connectivity index (χ0v) is 14.2. The Hall–Kier alpha value is -1.35. The van der Waals surface area contributed by atoms with Gasteiger partial charge in [0.2, 0.25) is 0 Å². The Labute approximate surface area is 134 Å². The second-order valence-electron chi connectivity index (χ2n) is 6.53. The van der Waals surface area contributed by atoms with Crippen LogP contribution in [0.4, 0.5) is 0 Å². The fourth-order valence-electron chi connectivity index (χ4n) is 3.15. The van der Waals surface area contributed by atoms with E-state index in [-0.39, 0.29) is 5.97 Å². The molecule has 0 N–H and O–H groups in total. The molecule has 22 heavy (non-hydrogen) atoms. The molecule has 0 aromatic heterocycles. The van der Waals surface area contributed by atoms with Crippen LogP contribution in [0.25, 0.3) is 0 Å². The van der Waals surface area contributed by atoms with Crippen LogP contribution in [0.2, 0.25) is 0 Å². The van der Waals surface area contributed by atoms with E-state index in [1.165, 1.54) is 37.9 Å². The first-order valence-electron chi connectivity index (χ1n) is 8.60. The summed E-state index contributed by atoms with van der Waals surface area (Å²) in [7, 11) is 0. The Kier molecular flexibility index (Phi) is 6.44. The van der Waals surface area contributed by atoms with Crippen molar-refractivity contribution in [2.45, 2.75) is 52.5 Å². The zero-order chi connectivity index (χ0) is 15.9. The highest BCUT2D eigenvalue weighted by Crippen LogP contribution is 2.23. The van der Waals surface area contributed by atoms with Gasteiger partial charge in [0, 0.05) is 6.04 Å². The molecule has 1 fully saturated rings. The van der Waals surface area contributed by atoms with E-state index in [9.17, 15) is 4.79 Å². The second-order valence-corrected chi connectivity index (χ2v) is 6.53. The summed E-state index contributed by atoms with van der Waals surface area (Å²) in [6.45, 7) is 9.30. The van der Waals surface area contributed by atoms with Gasteiger partial charge in [0.15, 0.2) is 0 Å². The van der Waals surface area contributed by atoms with Crippen molar-refractivity contribution in [2.24, 2.45) is 5.92 Å². The number of carbonyl (C=O) groups is 1. The summed E-state index contributed by atoms with van der Waals surface area (Å²) >= 11 is 0. The van der Waals surface area contributed by atoms with Gasteiger partial charge < -0.3 is 9.64 Å². The second kappa shape index (κ2) is 8.33. The van der Waals surface area contributed by atoms with E-state index in [2.05, 4.69) is 30.9 Å². The van der Waals surface area contributed by atoms with E-state index in [1.807, 2.05) is 19.1 Å². The number of hydrogen-bond donors (Lipinski definition) is 0. The van der Waals surface area contributed by atoms with Crippen LogP contribution in [0.15, 0.2) is 24.3 Å². The van der Waals surface area contributed by atoms with Crippen molar-refractivity contribution in [1.82, 2.24) is 4.90 Å².